The fourth-order valence-corrected chi connectivity index (χ4v) is 3.21. The number of benzene rings is 2. The van der Waals surface area contributed by atoms with E-state index in [1.54, 1.807) is 23.8 Å². The van der Waals surface area contributed by atoms with E-state index in [0.717, 1.165) is 23.1 Å². The molecule has 144 valence electrons. The van der Waals surface area contributed by atoms with Crippen LogP contribution in [-0.4, -0.2) is 32.7 Å². The minimum Gasteiger partial charge on any atom is -0.497 e. The molecule has 2 aromatic carbocycles. The van der Waals surface area contributed by atoms with Gasteiger partial charge in [0.2, 0.25) is 0 Å². The van der Waals surface area contributed by atoms with Gasteiger partial charge in [-0.1, -0.05) is 23.7 Å². The van der Waals surface area contributed by atoms with Gasteiger partial charge in [0.1, 0.15) is 5.75 Å². The summed E-state index contributed by atoms with van der Waals surface area (Å²) in [5.41, 5.74) is 4.33. The molecule has 1 N–H and O–H groups in total. The average molecular weight is 416 g/mol. The second kappa shape index (κ2) is 8.90. The number of ketones is 1. The van der Waals surface area contributed by atoms with E-state index >= 15 is 0 Å². The van der Waals surface area contributed by atoms with Crippen LogP contribution in [-0.2, 0) is 11.8 Å². The highest BCUT2D eigenvalue weighted by atomic mass is 35.5. The van der Waals surface area contributed by atoms with E-state index in [1.165, 1.54) is 6.92 Å². The van der Waals surface area contributed by atoms with Crippen LogP contribution in [0.3, 0.4) is 0 Å². The molecule has 0 saturated heterocycles. The van der Waals surface area contributed by atoms with Gasteiger partial charge in [-0.15, -0.1) is 10.2 Å². The third-order valence-electron chi connectivity index (χ3n) is 3.82. The van der Waals surface area contributed by atoms with Crippen LogP contribution in [0.15, 0.2) is 58.8 Å². The molecule has 1 heterocycles. The number of Topliss-reactive ketones (excluding diaryl/α,β-unsaturated/α-hetero) is 1. The molecule has 0 radical (unpaired) electrons. The quantitative estimate of drug-likeness (QED) is 0.280. The van der Waals surface area contributed by atoms with Gasteiger partial charge in [0, 0.05) is 19.5 Å². The van der Waals surface area contributed by atoms with E-state index in [9.17, 15) is 4.79 Å². The standard InChI is InChI=1S/C19H18ClN5O2S/c1-12(26)18(23-21-16-7-5-4-6-15(16)20)28-19-24-22-17(25(19)2)13-8-10-14(27-3)11-9-13/h4-11,21H,1-3H3/b23-18-. The Morgan fingerprint density at radius 2 is 1.89 bits per heavy atom. The Morgan fingerprint density at radius 1 is 1.18 bits per heavy atom. The van der Waals surface area contributed by atoms with Crippen molar-refractivity contribution in [3.8, 4) is 17.1 Å². The third kappa shape index (κ3) is 4.52. The van der Waals surface area contributed by atoms with Crippen molar-refractivity contribution in [2.24, 2.45) is 12.1 Å². The van der Waals surface area contributed by atoms with Gasteiger partial charge in [-0.3, -0.25) is 10.2 Å². The zero-order valence-electron chi connectivity index (χ0n) is 15.5. The van der Waals surface area contributed by atoms with E-state index in [0.29, 0.717) is 21.7 Å². The molecule has 0 aliphatic rings. The number of methoxy groups -OCH3 is 1. The smallest absolute Gasteiger partial charge is 0.197 e. The van der Waals surface area contributed by atoms with E-state index in [1.807, 2.05) is 43.4 Å². The van der Waals surface area contributed by atoms with Gasteiger partial charge >= 0.3 is 0 Å². The van der Waals surface area contributed by atoms with Crippen molar-refractivity contribution >= 4 is 39.9 Å². The molecule has 0 unspecified atom stereocenters. The van der Waals surface area contributed by atoms with Gasteiger partial charge in [0.25, 0.3) is 0 Å². The molecule has 1 aromatic heterocycles. The second-order valence-electron chi connectivity index (χ2n) is 5.76. The Kier molecular flexibility index (Phi) is 6.33. The van der Waals surface area contributed by atoms with Crippen molar-refractivity contribution in [2.75, 3.05) is 12.5 Å². The molecule has 0 saturated carbocycles. The minimum absolute atomic E-state index is 0.196. The summed E-state index contributed by atoms with van der Waals surface area (Å²) in [4.78, 5) is 12.0. The molecule has 9 heteroatoms. The first-order valence-electron chi connectivity index (χ1n) is 8.30. The van der Waals surface area contributed by atoms with Gasteiger partial charge in [-0.05, 0) is 48.2 Å². The number of carbonyl (C=O) groups is 1. The lowest BCUT2D eigenvalue weighted by Crippen LogP contribution is -2.09. The number of hydrogen-bond acceptors (Lipinski definition) is 7. The molecule has 3 aromatic rings. The fourth-order valence-electron chi connectivity index (χ4n) is 2.32. The number of anilines is 1. The van der Waals surface area contributed by atoms with Crippen LogP contribution >= 0.6 is 23.4 Å². The maximum Gasteiger partial charge on any atom is 0.197 e. The van der Waals surface area contributed by atoms with Gasteiger partial charge in [-0.2, -0.15) is 5.10 Å². The number of nitrogens with zero attached hydrogens (tertiary/aromatic N) is 4. The van der Waals surface area contributed by atoms with E-state index in [4.69, 9.17) is 16.3 Å². The molecule has 3 rings (SSSR count). The lowest BCUT2D eigenvalue weighted by atomic mass is 10.2. The molecule has 0 aliphatic heterocycles. The summed E-state index contributed by atoms with van der Waals surface area (Å²) in [6.07, 6.45) is 0. The van der Waals surface area contributed by atoms with E-state index in [-0.39, 0.29) is 10.8 Å². The van der Waals surface area contributed by atoms with Crippen LogP contribution in [0.5, 0.6) is 5.75 Å². The third-order valence-corrected chi connectivity index (χ3v) is 5.26. The van der Waals surface area contributed by atoms with Crippen molar-refractivity contribution in [2.45, 2.75) is 12.1 Å². The average Bonchev–Trinajstić information content (AvgIpc) is 3.06. The van der Waals surface area contributed by atoms with Crippen LogP contribution < -0.4 is 10.2 Å². The summed E-state index contributed by atoms with van der Waals surface area (Å²) in [7, 11) is 3.45. The summed E-state index contributed by atoms with van der Waals surface area (Å²) in [6.45, 7) is 1.45. The Bertz CT molecular complexity index is 1020. The Hall–Kier alpha value is -2.84. The highest BCUT2D eigenvalue weighted by molar-refractivity contribution is 8.15. The molecular weight excluding hydrogens is 398 g/mol. The number of halogens is 1. The predicted octanol–water partition coefficient (Wildman–Crippen LogP) is 4.25. The Morgan fingerprint density at radius 3 is 2.54 bits per heavy atom. The van der Waals surface area contributed by atoms with Crippen LogP contribution in [0.2, 0.25) is 5.02 Å². The summed E-state index contributed by atoms with van der Waals surface area (Å²) in [5, 5.41) is 13.9. The van der Waals surface area contributed by atoms with E-state index in [2.05, 4.69) is 20.7 Å². The number of rotatable bonds is 6. The predicted molar refractivity (Wildman–Crippen MR) is 112 cm³/mol. The molecule has 0 fully saturated rings. The van der Waals surface area contributed by atoms with Crippen LogP contribution in [0.25, 0.3) is 11.4 Å². The number of ether oxygens (including phenoxy) is 1. The molecule has 0 amide bonds. The highest BCUT2D eigenvalue weighted by Crippen LogP contribution is 2.26. The lowest BCUT2D eigenvalue weighted by molar-refractivity contribution is -0.110. The Labute approximate surface area is 171 Å². The van der Waals surface area contributed by atoms with Crippen molar-refractivity contribution in [1.82, 2.24) is 14.8 Å². The molecular formula is C19H18ClN5O2S. The van der Waals surface area contributed by atoms with Crippen molar-refractivity contribution < 1.29 is 9.53 Å². The summed E-state index contributed by atoms with van der Waals surface area (Å²) in [6, 6.07) is 14.7. The molecule has 0 bridgehead atoms. The van der Waals surface area contributed by atoms with Gasteiger partial charge < -0.3 is 9.30 Å². The minimum atomic E-state index is -0.196. The molecule has 7 nitrogen and oxygen atoms in total. The maximum atomic E-state index is 12.0. The van der Waals surface area contributed by atoms with Gasteiger partial charge in [0.15, 0.2) is 21.8 Å². The zero-order valence-corrected chi connectivity index (χ0v) is 17.1. The maximum absolute atomic E-state index is 12.0. The number of aromatic nitrogens is 3. The largest absolute Gasteiger partial charge is 0.497 e. The van der Waals surface area contributed by atoms with Crippen molar-refractivity contribution in [3.63, 3.8) is 0 Å². The monoisotopic (exact) mass is 415 g/mol. The SMILES string of the molecule is COc1ccc(-c2nnc(S/C(=N\Nc3ccccc3Cl)C(C)=O)n2C)cc1. The summed E-state index contributed by atoms with van der Waals surface area (Å²) >= 11 is 7.24. The first-order valence-corrected chi connectivity index (χ1v) is 9.50. The van der Waals surface area contributed by atoms with Crippen molar-refractivity contribution in [3.05, 3.63) is 53.6 Å². The first kappa shape index (κ1) is 19.9. The topological polar surface area (TPSA) is 81.4 Å². The number of hydrogen-bond donors (Lipinski definition) is 1. The number of thioether (sulfide) groups is 1. The zero-order chi connectivity index (χ0) is 20.1. The number of carbonyl (C=O) groups excluding carboxylic acids is 1. The summed E-state index contributed by atoms with van der Waals surface area (Å²) < 4.78 is 6.98. The fraction of sp³-hybridized carbons (Fsp3) is 0.158. The lowest BCUT2D eigenvalue weighted by Gasteiger charge is -2.07. The normalized spacial score (nSPS) is 11.4. The highest BCUT2D eigenvalue weighted by Gasteiger charge is 2.17. The summed E-state index contributed by atoms with van der Waals surface area (Å²) in [5.74, 6) is 1.24. The van der Waals surface area contributed by atoms with E-state index < -0.39 is 0 Å². The van der Waals surface area contributed by atoms with Gasteiger partial charge in [-0.25, -0.2) is 0 Å². The molecule has 0 spiro atoms. The van der Waals surface area contributed by atoms with Crippen LogP contribution in [0.4, 0.5) is 5.69 Å². The van der Waals surface area contributed by atoms with Crippen LogP contribution in [0, 0.1) is 0 Å². The first-order chi connectivity index (χ1) is 13.5. The molecule has 0 atom stereocenters. The number of nitrogens with one attached hydrogen (secondary N) is 1. The van der Waals surface area contributed by atoms with Gasteiger partial charge in [0.05, 0.1) is 17.8 Å². The number of para-hydroxylation sites is 1. The molecule has 28 heavy (non-hydrogen) atoms. The van der Waals surface area contributed by atoms with Crippen molar-refractivity contribution in [1.29, 1.82) is 0 Å². The number of hydrazone groups is 1. The second-order valence-corrected chi connectivity index (χ2v) is 7.12. The Balaban J connectivity index is 1.82. The molecule has 0 aliphatic carbocycles. The van der Waals surface area contributed by atoms with Crippen LogP contribution in [0.1, 0.15) is 6.92 Å².